The van der Waals surface area contributed by atoms with Crippen molar-refractivity contribution in [3.63, 3.8) is 0 Å². The molecule has 0 saturated carbocycles. The van der Waals surface area contributed by atoms with Gasteiger partial charge in [-0.1, -0.05) is 30.7 Å². The third kappa shape index (κ3) is 2.34. The predicted molar refractivity (Wildman–Crippen MR) is 61.9 cm³/mol. The first-order chi connectivity index (χ1) is 7.29. The monoisotopic (exact) mass is 218 g/mol. The van der Waals surface area contributed by atoms with Crippen LogP contribution in [0.5, 0.6) is 0 Å². The Kier molecular flexibility index (Phi) is 2.97. The Morgan fingerprint density at radius 1 is 1.27 bits per heavy atom. The van der Waals surface area contributed by atoms with Gasteiger partial charge in [-0.05, 0) is 24.6 Å². The van der Waals surface area contributed by atoms with Crippen molar-refractivity contribution in [2.75, 3.05) is 0 Å². The summed E-state index contributed by atoms with van der Waals surface area (Å²) in [6.07, 6.45) is 2.69. The smallest absolute Gasteiger partial charge is 0.159 e. The van der Waals surface area contributed by atoms with E-state index in [4.69, 9.17) is 11.6 Å². The van der Waals surface area contributed by atoms with Gasteiger partial charge in [0.25, 0.3) is 0 Å². The van der Waals surface area contributed by atoms with Crippen molar-refractivity contribution >= 4 is 11.6 Å². The van der Waals surface area contributed by atoms with Gasteiger partial charge in [0.2, 0.25) is 0 Å². The van der Waals surface area contributed by atoms with E-state index in [0.717, 1.165) is 23.5 Å². The molecule has 0 aliphatic carbocycles. The summed E-state index contributed by atoms with van der Waals surface area (Å²) in [4.78, 5) is 8.66. The summed E-state index contributed by atoms with van der Waals surface area (Å²) in [5, 5.41) is 0.706. The molecular formula is C12H11ClN2. The molecule has 1 aromatic carbocycles. The average molecular weight is 219 g/mol. The normalized spacial score (nSPS) is 10.3. The Hall–Kier alpha value is -1.41. The molecule has 0 fully saturated rings. The Bertz CT molecular complexity index is 469. The molecule has 0 aliphatic heterocycles. The van der Waals surface area contributed by atoms with Crippen LogP contribution in [0, 0.1) is 0 Å². The van der Waals surface area contributed by atoms with Gasteiger partial charge in [-0.25, -0.2) is 9.97 Å². The number of rotatable bonds is 2. The minimum atomic E-state index is 0.706. The molecule has 0 saturated heterocycles. The van der Waals surface area contributed by atoms with Crippen LogP contribution in [0.1, 0.15) is 12.6 Å². The van der Waals surface area contributed by atoms with Gasteiger partial charge in [0.1, 0.15) is 0 Å². The van der Waals surface area contributed by atoms with Crippen molar-refractivity contribution in [1.82, 2.24) is 9.97 Å². The van der Waals surface area contributed by atoms with E-state index in [1.165, 1.54) is 0 Å². The maximum absolute atomic E-state index is 5.91. The molecule has 0 bridgehead atoms. The molecule has 2 nitrogen and oxygen atoms in total. The topological polar surface area (TPSA) is 25.8 Å². The lowest BCUT2D eigenvalue weighted by Gasteiger charge is -2.02. The maximum atomic E-state index is 5.91. The lowest BCUT2D eigenvalue weighted by atomic mass is 10.2. The average Bonchev–Trinajstić information content (AvgIpc) is 2.29. The Morgan fingerprint density at radius 3 is 2.87 bits per heavy atom. The fourth-order valence-electron chi connectivity index (χ4n) is 1.36. The zero-order valence-corrected chi connectivity index (χ0v) is 9.20. The highest BCUT2D eigenvalue weighted by atomic mass is 35.5. The van der Waals surface area contributed by atoms with E-state index in [-0.39, 0.29) is 0 Å². The Labute approximate surface area is 94.0 Å². The van der Waals surface area contributed by atoms with E-state index in [0.29, 0.717) is 5.02 Å². The van der Waals surface area contributed by atoms with Crippen LogP contribution in [-0.4, -0.2) is 9.97 Å². The molecule has 76 valence electrons. The van der Waals surface area contributed by atoms with Crippen LogP contribution in [-0.2, 0) is 6.42 Å². The van der Waals surface area contributed by atoms with Crippen molar-refractivity contribution in [1.29, 1.82) is 0 Å². The molecule has 0 aliphatic rings. The van der Waals surface area contributed by atoms with Crippen LogP contribution in [0.2, 0.25) is 5.02 Å². The third-order valence-corrected chi connectivity index (χ3v) is 2.39. The lowest BCUT2D eigenvalue weighted by Crippen LogP contribution is -1.93. The van der Waals surface area contributed by atoms with E-state index in [9.17, 15) is 0 Å². The zero-order chi connectivity index (χ0) is 10.7. The van der Waals surface area contributed by atoms with Gasteiger partial charge < -0.3 is 0 Å². The van der Waals surface area contributed by atoms with Crippen LogP contribution < -0.4 is 0 Å². The molecular weight excluding hydrogens is 208 g/mol. The minimum Gasteiger partial charge on any atom is -0.237 e. The van der Waals surface area contributed by atoms with E-state index < -0.39 is 0 Å². The Balaban J connectivity index is 2.44. The highest BCUT2D eigenvalue weighted by molar-refractivity contribution is 6.30. The summed E-state index contributed by atoms with van der Waals surface area (Å²) in [5.74, 6) is 0.733. The first-order valence-corrected chi connectivity index (χ1v) is 5.25. The standard InChI is InChI=1S/C12H11ClN2/c1-2-11-6-7-14-12(15-11)9-4-3-5-10(13)8-9/h3-8H,2H2,1H3. The zero-order valence-electron chi connectivity index (χ0n) is 8.44. The Morgan fingerprint density at radius 2 is 2.13 bits per heavy atom. The maximum Gasteiger partial charge on any atom is 0.159 e. The minimum absolute atomic E-state index is 0.706. The summed E-state index contributed by atoms with van der Waals surface area (Å²) in [5.41, 5.74) is 2.00. The molecule has 0 radical (unpaired) electrons. The number of aryl methyl sites for hydroxylation is 1. The van der Waals surface area contributed by atoms with Gasteiger partial charge in [0.05, 0.1) is 0 Å². The number of halogens is 1. The summed E-state index contributed by atoms with van der Waals surface area (Å²) in [6.45, 7) is 2.07. The molecule has 1 aromatic heterocycles. The summed E-state index contributed by atoms with van der Waals surface area (Å²) >= 11 is 5.91. The van der Waals surface area contributed by atoms with Crippen LogP contribution in [0.15, 0.2) is 36.5 Å². The largest absolute Gasteiger partial charge is 0.237 e. The molecule has 0 unspecified atom stereocenters. The SMILES string of the molecule is CCc1ccnc(-c2cccc(Cl)c2)n1. The number of hydrogen-bond acceptors (Lipinski definition) is 2. The molecule has 0 N–H and O–H groups in total. The molecule has 2 rings (SSSR count). The van der Waals surface area contributed by atoms with Crippen LogP contribution in [0.4, 0.5) is 0 Å². The molecule has 0 spiro atoms. The van der Waals surface area contributed by atoms with E-state index in [1.54, 1.807) is 6.20 Å². The second-order valence-corrected chi connectivity index (χ2v) is 3.67. The molecule has 0 atom stereocenters. The fraction of sp³-hybridized carbons (Fsp3) is 0.167. The van der Waals surface area contributed by atoms with Gasteiger partial charge in [-0.15, -0.1) is 0 Å². The van der Waals surface area contributed by atoms with Crippen LogP contribution in [0.25, 0.3) is 11.4 Å². The van der Waals surface area contributed by atoms with Gasteiger partial charge in [-0.3, -0.25) is 0 Å². The number of nitrogens with zero attached hydrogens (tertiary/aromatic N) is 2. The van der Waals surface area contributed by atoms with Gasteiger partial charge in [-0.2, -0.15) is 0 Å². The van der Waals surface area contributed by atoms with Crippen LogP contribution in [0.3, 0.4) is 0 Å². The van der Waals surface area contributed by atoms with Crippen molar-refractivity contribution in [2.24, 2.45) is 0 Å². The molecule has 15 heavy (non-hydrogen) atoms. The quantitative estimate of drug-likeness (QED) is 0.773. The fourth-order valence-corrected chi connectivity index (χ4v) is 1.55. The van der Waals surface area contributed by atoms with Crippen molar-refractivity contribution in [3.05, 3.63) is 47.2 Å². The second kappa shape index (κ2) is 4.41. The lowest BCUT2D eigenvalue weighted by molar-refractivity contribution is 1.01. The third-order valence-electron chi connectivity index (χ3n) is 2.16. The molecule has 1 heterocycles. The first-order valence-electron chi connectivity index (χ1n) is 4.87. The van der Waals surface area contributed by atoms with Gasteiger partial charge in [0, 0.05) is 22.5 Å². The summed E-state index contributed by atoms with van der Waals surface area (Å²) in [7, 11) is 0. The highest BCUT2D eigenvalue weighted by Crippen LogP contribution is 2.19. The van der Waals surface area contributed by atoms with E-state index in [1.807, 2.05) is 30.3 Å². The van der Waals surface area contributed by atoms with Gasteiger partial charge in [0.15, 0.2) is 5.82 Å². The molecule has 0 amide bonds. The summed E-state index contributed by atoms with van der Waals surface area (Å²) in [6, 6.07) is 9.50. The van der Waals surface area contributed by atoms with Crippen molar-refractivity contribution in [2.45, 2.75) is 13.3 Å². The van der Waals surface area contributed by atoms with E-state index >= 15 is 0 Å². The molecule has 3 heteroatoms. The number of benzene rings is 1. The second-order valence-electron chi connectivity index (χ2n) is 3.24. The van der Waals surface area contributed by atoms with Crippen molar-refractivity contribution < 1.29 is 0 Å². The van der Waals surface area contributed by atoms with Crippen molar-refractivity contribution in [3.8, 4) is 11.4 Å². The highest BCUT2D eigenvalue weighted by Gasteiger charge is 2.01. The number of hydrogen-bond donors (Lipinski definition) is 0. The van der Waals surface area contributed by atoms with E-state index in [2.05, 4.69) is 16.9 Å². The van der Waals surface area contributed by atoms with Gasteiger partial charge >= 0.3 is 0 Å². The number of aromatic nitrogens is 2. The van der Waals surface area contributed by atoms with Crippen LogP contribution >= 0.6 is 11.6 Å². The molecule has 2 aromatic rings. The summed E-state index contributed by atoms with van der Waals surface area (Å²) < 4.78 is 0. The first kappa shape index (κ1) is 10.1. The predicted octanol–water partition coefficient (Wildman–Crippen LogP) is 3.36.